The van der Waals surface area contributed by atoms with Gasteiger partial charge in [-0.05, 0) is 55.5 Å². The summed E-state index contributed by atoms with van der Waals surface area (Å²) in [6, 6.07) is 16.9. The van der Waals surface area contributed by atoms with Crippen LogP contribution in [0.3, 0.4) is 0 Å². The highest BCUT2D eigenvalue weighted by Gasteiger charge is 2.21. The van der Waals surface area contributed by atoms with E-state index in [0.717, 1.165) is 5.56 Å². The molecule has 3 aromatic carbocycles. The fourth-order valence-corrected chi connectivity index (χ4v) is 2.97. The number of fused-ring (bicyclic) bond motifs is 2. The molecule has 0 aromatic heterocycles. The van der Waals surface area contributed by atoms with Gasteiger partial charge >= 0.3 is 6.03 Å². The molecule has 0 fully saturated rings. The molecule has 1 aliphatic heterocycles. The number of rotatable bonds is 2. The lowest BCUT2D eigenvalue weighted by Crippen LogP contribution is -2.20. The third kappa shape index (κ3) is 3.77. The molecule has 3 aromatic rings. The maximum absolute atomic E-state index is 12.6. The molecular weight excluding hydrogens is 378 g/mol. The third-order valence-corrected chi connectivity index (χ3v) is 4.44. The van der Waals surface area contributed by atoms with Gasteiger partial charge in [-0.3, -0.25) is 4.79 Å². The smallest absolute Gasteiger partial charge is 0.323 e. The number of carbonyl (C=O) groups is 2. The van der Waals surface area contributed by atoms with Gasteiger partial charge in [-0.15, -0.1) is 0 Å². The van der Waals surface area contributed by atoms with Gasteiger partial charge in [-0.2, -0.15) is 0 Å². The van der Waals surface area contributed by atoms with Gasteiger partial charge in [-0.1, -0.05) is 29.3 Å². The summed E-state index contributed by atoms with van der Waals surface area (Å²) in [5.41, 5.74) is 3.03. The number of hydrogen-bond acceptors (Lipinski definition) is 3. The third-order valence-electron chi connectivity index (χ3n) is 4.20. The standard InChI is InChI=1S/C21H16ClN3O3/c1-12-2-5-14(6-3-12)23-21(27)24-15-7-9-18-16(11-15)20(26)25-17-10-13(22)4-8-19(17)28-18/h2-11H,1H3,(H,25,26)(H2,23,24,27). The van der Waals surface area contributed by atoms with Crippen molar-refractivity contribution in [2.75, 3.05) is 16.0 Å². The van der Waals surface area contributed by atoms with Crippen LogP contribution in [0.15, 0.2) is 60.7 Å². The fraction of sp³-hybridized carbons (Fsp3) is 0.0476. The van der Waals surface area contributed by atoms with Crippen LogP contribution in [0, 0.1) is 6.92 Å². The van der Waals surface area contributed by atoms with E-state index >= 15 is 0 Å². The first-order chi connectivity index (χ1) is 13.5. The lowest BCUT2D eigenvalue weighted by molar-refractivity contribution is 0.102. The van der Waals surface area contributed by atoms with Crippen LogP contribution in [0.2, 0.25) is 5.02 Å². The second-order valence-electron chi connectivity index (χ2n) is 6.35. The highest BCUT2D eigenvalue weighted by atomic mass is 35.5. The predicted molar refractivity (Wildman–Crippen MR) is 110 cm³/mol. The Balaban J connectivity index is 1.53. The van der Waals surface area contributed by atoms with Crippen molar-refractivity contribution in [3.05, 3.63) is 76.8 Å². The Morgan fingerprint density at radius 1 is 0.929 bits per heavy atom. The van der Waals surface area contributed by atoms with Crippen LogP contribution in [0.1, 0.15) is 15.9 Å². The molecule has 0 saturated heterocycles. The van der Waals surface area contributed by atoms with Gasteiger partial charge in [0.25, 0.3) is 5.91 Å². The number of hydrogen-bond donors (Lipinski definition) is 3. The Morgan fingerprint density at radius 3 is 2.39 bits per heavy atom. The van der Waals surface area contributed by atoms with Crippen LogP contribution >= 0.6 is 11.6 Å². The SMILES string of the molecule is Cc1ccc(NC(=O)Nc2ccc3c(c2)C(=O)Nc2cc(Cl)ccc2O3)cc1. The molecule has 140 valence electrons. The molecule has 3 amide bonds. The summed E-state index contributed by atoms with van der Waals surface area (Å²) >= 11 is 5.99. The summed E-state index contributed by atoms with van der Waals surface area (Å²) in [6.45, 7) is 1.97. The van der Waals surface area contributed by atoms with E-state index in [1.54, 1.807) is 36.4 Å². The zero-order valence-corrected chi connectivity index (χ0v) is 15.6. The first-order valence-corrected chi connectivity index (χ1v) is 8.93. The minimum Gasteiger partial charge on any atom is -0.454 e. The lowest BCUT2D eigenvalue weighted by atomic mass is 10.1. The summed E-state index contributed by atoms with van der Waals surface area (Å²) < 4.78 is 5.82. The van der Waals surface area contributed by atoms with E-state index in [-0.39, 0.29) is 5.91 Å². The number of halogens is 1. The zero-order valence-electron chi connectivity index (χ0n) is 14.9. The van der Waals surface area contributed by atoms with Gasteiger partial charge in [-0.25, -0.2) is 4.79 Å². The van der Waals surface area contributed by atoms with Gasteiger partial charge in [0.1, 0.15) is 5.75 Å². The Morgan fingerprint density at radius 2 is 1.61 bits per heavy atom. The maximum Gasteiger partial charge on any atom is 0.323 e. The Hall–Kier alpha value is -3.51. The number of ether oxygens (including phenoxy) is 1. The van der Waals surface area contributed by atoms with Crippen molar-refractivity contribution in [3.63, 3.8) is 0 Å². The quantitative estimate of drug-likeness (QED) is 0.526. The number of urea groups is 1. The molecule has 3 N–H and O–H groups in total. The number of benzene rings is 3. The molecule has 0 unspecified atom stereocenters. The van der Waals surface area contributed by atoms with Crippen LogP contribution in [0.25, 0.3) is 0 Å². The van der Waals surface area contributed by atoms with Crippen molar-refractivity contribution in [2.45, 2.75) is 6.92 Å². The van der Waals surface area contributed by atoms with Crippen molar-refractivity contribution < 1.29 is 14.3 Å². The van der Waals surface area contributed by atoms with Crippen LogP contribution < -0.4 is 20.7 Å². The molecule has 1 aliphatic rings. The fourth-order valence-electron chi connectivity index (χ4n) is 2.80. The normalized spacial score (nSPS) is 12.0. The predicted octanol–water partition coefficient (Wildman–Crippen LogP) is 5.65. The van der Waals surface area contributed by atoms with Gasteiger partial charge in [0, 0.05) is 16.4 Å². The van der Waals surface area contributed by atoms with Crippen LogP contribution in [0.4, 0.5) is 21.9 Å². The Bertz CT molecular complexity index is 1080. The van der Waals surface area contributed by atoms with E-state index in [4.69, 9.17) is 16.3 Å². The van der Waals surface area contributed by atoms with Gasteiger partial charge in [0.15, 0.2) is 5.75 Å². The van der Waals surface area contributed by atoms with E-state index in [2.05, 4.69) is 16.0 Å². The van der Waals surface area contributed by atoms with Crippen molar-refractivity contribution in [3.8, 4) is 11.5 Å². The second-order valence-corrected chi connectivity index (χ2v) is 6.79. The highest BCUT2D eigenvalue weighted by Crippen LogP contribution is 2.37. The average molecular weight is 394 g/mol. The van der Waals surface area contributed by atoms with Crippen molar-refractivity contribution in [1.29, 1.82) is 0 Å². The first kappa shape index (κ1) is 17.9. The molecule has 28 heavy (non-hydrogen) atoms. The summed E-state index contributed by atoms with van der Waals surface area (Å²) in [5, 5.41) is 8.72. The molecule has 0 aliphatic carbocycles. The van der Waals surface area contributed by atoms with Crippen LogP contribution in [0.5, 0.6) is 11.5 Å². The molecular formula is C21H16ClN3O3. The Labute approximate surface area is 166 Å². The van der Waals surface area contributed by atoms with Crippen LogP contribution in [-0.4, -0.2) is 11.9 Å². The molecule has 7 heteroatoms. The topological polar surface area (TPSA) is 79.5 Å². The number of carbonyl (C=O) groups excluding carboxylic acids is 2. The zero-order chi connectivity index (χ0) is 19.7. The molecule has 0 atom stereocenters. The van der Waals surface area contributed by atoms with Gasteiger partial charge < -0.3 is 20.7 Å². The van der Waals surface area contributed by atoms with Crippen molar-refractivity contribution in [1.82, 2.24) is 0 Å². The van der Waals surface area contributed by atoms with Crippen LogP contribution in [-0.2, 0) is 0 Å². The molecule has 0 spiro atoms. The molecule has 0 bridgehead atoms. The summed E-state index contributed by atoms with van der Waals surface area (Å²) in [7, 11) is 0. The van der Waals surface area contributed by atoms with E-state index in [9.17, 15) is 9.59 Å². The molecule has 4 rings (SSSR count). The van der Waals surface area contributed by atoms with E-state index in [0.29, 0.717) is 39.1 Å². The maximum atomic E-state index is 12.6. The minimum absolute atomic E-state index is 0.306. The average Bonchev–Trinajstić information content (AvgIpc) is 2.79. The monoisotopic (exact) mass is 393 g/mol. The molecule has 0 radical (unpaired) electrons. The summed E-state index contributed by atoms with van der Waals surface area (Å²) in [5.74, 6) is 0.538. The van der Waals surface area contributed by atoms with Crippen molar-refractivity contribution >= 4 is 40.6 Å². The molecule has 0 saturated carbocycles. The number of amides is 3. The largest absolute Gasteiger partial charge is 0.454 e. The van der Waals surface area contributed by atoms with Gasteiger partial charge in [0.2, 0.25) is 0 Å². The highest BCUT2D eigenvalue weighted by molar-refractivity contribution is 6.31. The van der Waals surface area contributed by atoms with E-state index in [1.807, 2.05) is 31.2 Å². The molecule has 1 heterocycles. The number of aryl methyl sites for hydroxylation is 1. The molecule has 6 nitrogen and oxygen atoms in total. The van der Waals surface area contributed by atoms with E-state index in [1.165, 1.54) is 0 Å². The van der Waals surface area contributed by atoms with E-state index < -0.39 is 6.03 Å². The number of nitrogens with one attached hydrogen (secondary N) is 3. The minimum atomic E-state index is -0.409. The Kier molecular flexibility index (Phi) is 4.63. The summed E-state index contributed by atoms with van der Waals surface area (Å²) in [6.07, 6.45) is 0. The summed E-state index contributed by atoms with van der Waals surface area (Å²) in [4.78, 5) is 24.8. The van der Waals surface area contributed by atoms with Crippen molar-refractivity contribution in [2.24, 2.45) is 0 Å². The number of anilines is 3. The lowest BCUT2D eigenvalue weighted by Gasteiger charge is -2.11. The second kappa shape index (κ2) is 7.25. The first-order valence-electron chi connectivity index (χ1n) is 8.55. The van der Waals surface area contributed by atoms with Gasteiger partial charge in [0.05, 0.1) is 11.3 Å².